The van der Waals surface area contributed by atoms with Crippen molar-refractivity contribution in [2.45, 2.75) is 166 Å². The highest BCUT2D eigenvalue weighted by atomic mass is 16.7. The number of hydrogen-bond acceptors (Lipinski definition) is 9. The molecule has 0 amide bonds. The Morgan fingerprint density at radius 2 is 1.21 bits per heavy atom. The van der Waals surface area contributed by atoms with E-state index in [-0.39, 0.29) is 29.6 Å². The fourth-order valence-electron chi connectivity index (χ4n) is 7.22. The molecule has 0 saturated carbocycles. The first-order chi connectivity index (χ1) is 20.0. The van der Waals surface area contributed by atoms with E-state index >= 15 is 0 Å². The van der Waals surface area contributed by atoms with Gasteiger partial charge in [0, 0.05) is 55.2 Å². The molecule has 43 heavy (non-hydrogen) atoms. The van der Waals surface area contributed by atoms with Crippen LogP contribution in [0.1, 0.15) is 120 Å². The van der Waals surface area contributed by atoms with E-state index in [1.165, 1.54) is 10.1 Å². The van der Waals surface area contributed by atoms with Crippen LogP contribution in [-0.4, -0.2) is 108 Å². The molecular formula is C33H63N2O8. The van der Waals surface area contributed by atoms with E-state index in [1.807, 2.05) is 34.6 Å². The summed E-state index contributed by atoms with van der Waals surface area (Å²) in [6.07, 6.45) is 7.59. The molecule has 1 radical (unpaired) electrons. The van der Waals surface area contributed by atoms with Crippen molar-refractivity contribution in [2.24, 2.45) is 0 Å². The summed E-state index contributed by atoms with van der Waals surface area (Å²) in [5, 5.41) is 25.8. The molecule has 0 spiro atoms. The number of piperidine rings is 2. The van der Waals surface area contributed by atoms with Gasteiger partial charge in [0.1, 0.15) is 5.60 Å². The fourth-order valence-corrected chi connectivity index (χ4v) is 7.22. The third kappa shape index (κ3) is 11.1. The number of rotatable bonds is 16. The van der Waals surface area contributed by atoms with Crippen LogP contribution in [0, 0.1) is 0 Å². The number of ether oxygens (including phenoxy) is 6. The maximum Gasteiger partial charge on any atom is 0.158 e. The molecule has 10 nitrogen and oxygen atoms in total. The zero-order chi connectivity index (χ0) is 31.9. The summed E-state index contributed by atoms with van der Waals surface area (Å²) in [5.74, 6) is 0. The molecule has 2 atom stereocenters. The van der Waals surface area contributed by atoms with Crippen LogP contribution in [0.4, 0.5) is 0 Å². The lowest BCUT2D eigenvalue weighted by Gasteiger charge is -2.51. The second kappa shape index (κ2) is 15.5. The van der Waals surface area contributed by atoms with Gasteiger partial charge in [-0.05, 0) is 120 Å². The number of hydroxylamine groups is 4. The van der Waals surface area contributed by atoms with Crippen LogP contribution in [0.3, 0.4) is 0 Å². The summed E-state index contributed by atoms with van der Waals surface area (Å²) in [7, 11) is 0. The van der Waals surface area contributed by atoms with Gasteiger partial charge in [0.05, 0.1) is 25.4 Å². The van der Waals surface area contributed by atoms with Gasteiger partial charge in [-0.15, -0.1) is 10.3 Å². The Morgan fingerprint density at radius 3 is 1.65 bits per heavy atom. The first kappa shape index (κ1) is 37.1. The molecule has 3 rings (SSSR count). The van der Waals surface area contributed by atoms with Gasteiger partial charge in [-0.3, -0.25) is 0 Å². The van der Waals surface area contributed by atoms with E-state index in [4.69, 9.17) is 28.4 Å². The zero-order valence-electron chi connectivity index (χ0n) is 28.7. The summed E-state index contributed by atoms with van der Waals surface area (Å²) in [4.78, 5) is 0. The molecule has 253 valence electrons. The average Bonchev–Trinajstić information content (AvgIpc) is 2.90. The lowest BCUT2D eigenvalue weighted by atomic mass is 9.80. The zero-order valence-corrected chi connectivity index (χ0v) is 28.7. The monoisotopic (exact) mass is 615 g/mol. The van der Waals surface area contributed by atoms with E-state index in [9.17, 15) is 10.4 Å². The summed E-state index contributed by atoms with van der Waals surface area (Å²) in [5.41, 5.74) is -2.12. The Labute approximate surface area is 261 Å². The van der Waals surface area contributed by atoms with Crippen molar-refractivity contribution in [3.8, 4) is 0 Å². The molecule has 10 heteroatoms. The van der Waals surface area contributed by atoms with Gasteiger partial charge in [0.15, 0.2) is 6.29 Å². The van der Waals surface area contributed by atoms with Crippen molar-refractivity contribution < 1.29 is 38.8 Å². The molecule has 0 aromatic heterocycles. The Kier molecular flexibility index (Phi) is 13.3. The smallest absolute Gasteiger partial charge is 0.158 e. The molecule has 0 aliphatic carbocycles. The summed E-state index contributed by atoms with van der Waals surface area (Å²) in [6, 6.07) is 0. The van der Waals surface area contributed by atoms with Gasteiger partial charge in [-0.2, -0.15) is 5.06 Å². The molecule has 3 saturated heterocycles. The van der Waals surface area contributed by atoms with E-state index < -0.39 is 16.7 Å². The Hall–Kier alpha value is -0.400. The molecule has 0 bridgehead atoms. The van der Waals surface area contributed by atoms with Crippen LogP contribution in [0.15, 0.2) is 0 Å². The molecule has 3 heterocycles. The molecule has 0 aromatic rings. The SMILES string of the molecule is CC(COCCCOC1CC(C)(C)N([O])C(C)(C)C1)(COCCCOC1CC(C)(C)N(O)C(C)(C)C1)OC1CCCCO1. The van der Waals surface area contributed by atoms with Crippen molar-refractivity contribution in [1.29, 1.82) is 0 Å². The number of nitrogens with zero attached hydrogens (tertiary/aromatic N) is 2. The van der Waals surface area contributed by atoms with E-state index in [1.54, 1.807) is 0 Å². The first-order valence-corrected chi connectivity index (χ1v) is 16.6. The summed E-state index contributed by atoms with van der Waals surface area (Å²) in [6.45, 7) is 22.1. The van der Waals surface area contributed by atoms with Crippen molar-refractivity contribution in [1.82, 2.24) is 10.1 Å². The molecule has 3 aliphatic rings. The molecule has 3 fully saturated rings. The average molecular weight is 616 g/mol. The molecule has 1 N–H and O–H groups in total. The third-order valence-electron chi connectivity index (χ3n) is 9.10. The maximum absolute atomic E-state index is 12.6. The van der Waals surface area contributed by atoms with Gasteiger partial charge in [-0.1, -0.05) is 0 Å². The minimum absolute atomic E-state index is 0.0742. The minimum atomic E-state index is -0.624. The van der Waals surface area contributed by atoms with Crippen molar-refractivity contribution >= 4 is 0 Å². The van der Waals surface area contributed by atoms with Gasteiger partial charge in [0.2, 0.25) is 0 Å². The van der Waals surface area contributed by atoms with Crippen LogP contribution in [0.25, 0.3) is 0 Å². The molecular weight excluding hydrogens is 552 g/mol. The maximum atomic E-state index is 12.6. The third-order valence-corrected chi connectivity index (χ3v) is 9.10. The number of hydrogen-bond donors (Lipinski definition) is 1. The summed E-state index contributed by atoms with van der Waals surface area (Å²) < 4.78 is 36.8. The molecule has 0 aromatic carbocycles. The normalized spacial score (nSPS) is 27.0. The highest BCUT2D eigenvalue weighted by molar-refractivity contribution is 4.97. The predicted octanol–water partition coefficient (Wildman–Crippen LogP) is 5.91. The van der Waals surface area contributed by atoms with Crippen LogP contribution in [-0.2, 0) is 33.6 Å². The lowest BCUT2D eigenvalue weighted by molar-refractivity contribution is -0.301. The second-order valence-electron chi connectivity index (χ2n) is 15.8. The standard InChI is InChI=1S/C33H63N2O8/c1-29(2)20-26(21-30(3,4)34(29)36)40-18-12-15-38-24-33(9,43-28-14-10-11-17-42-28)25-39-16-13-19-41-27-22-31(5,6)35(37)32(7,8)23-27/h26-28,36H,10-25H2,1-9H3. The quantitative estimate of drug-likeness (QED) is 0.212. The fraction of sp³-hybridized carbons (Fsp3) is 1.00. The molecule has 3 aliphatic heterocycles. The lowest BCUT2D eigenvalue weighted by Crippen LogP contribution is -2.60. The highest BCUT2D eigenvalue weighted by Gasteiger charge is 2.47. The Bertz CT molecular complexity index is 740. The van der Waals surface area contributed by atoms with Gasteiger partial charge >= 0.3 is 0 Å². The minimum Gasteiger partial charge on any atom is -0.378 e. The van der Waals surface area contributed by atoms with Crippen molar-refractivity contribution in [3.63, 3.8) is 0 Å². The van der Waals surface area contributed by atoms with E-state index in [0.717, 1.165) is 64.4 Å². The van der Waals surface area contributed by atoms with Crippen LogP contribution >= 0.6 is 0 Å². The van der Waals surface area contributed by atoms with Crippen molar-refractivity contribution in [2.75, 3.05) is 46.2 Å². The Morgan fingerprint density at radius 1 is 0.744 bits per heavy atom. The largest absolute Gasteiger partial charge is 0.378 e. The second-order valence-corrected chi connectivity index (χ2v) is 15.8. The van der Waals surface area contributed by atoms with Crippen LogP contribution in [0.2, 0.25) is 0 Å². The van der Waals surface area contributed by atoms with Gasteiger partial charge in [-0.25, -0.2) is 0 Å². The van der Waals surface area contributed by atoms with Crippen molar-refractivity contribution in [3.05, 3.63) is 0 Å². The Balaban J connectivity index is 1.37. The van der Waals surface area contributed by atoms with Crippen LogP contribution < -0.4 is 0 Å². The van der Waals surface area contributed by atoms with Crippen LogP contribution in [0.5, 0.6) is 0 Å². The van der Waals surface area contributed by atoms with E-state index in [2.05, 4.69) is 27.7 Å². The van der Waals surface area contributed by atoms with Gasteiger partial charge in [0.25, 0.3) is 0 Å². The molecule has 2 unspecified atom stereocenters. The highest BCUT2D eigenvalue weighted by Crippen LogP contribution is 2.39. The topological polar surface area (TPSA) is 102 Å². The van der Waals surface area contributed by atoms with Gasteiger partial charge < -0.3 is 33.6 Å². The first-order valence-electron chi connectivity index (χ1n) is 16.6. The van der Waals surface area contributed by atoms with E-state index in [0.29, 0.717) is 39.6 Å². The predicted molar refractivity (Wildman–Crippen MR) is 164 cm³/mol. The summed E-state index contributed by atoms with van der Waals surface area (Å²) >= 11 is 0.